The second kappa shape index (κ2) is 9.27. The molecule has 1 aromatic carbocycles. The number of ether oxygens (including phenoxy) is 2. The Hall–Kier alpha value is -2.60. The molecule has 2 atom stereocenters. The van der Waals surface area contributed by atoms with E-state index in [9.17, 15) is 9.59 Å². The van der Waals surface area contributed by atoms with E-state index in [0.29, 0.717) is 11.3 Å². The van der Waals surface area contributed by atoms with Crippen molar-refractivity contribution >= 4 is 22.7 Å². The molecule has 1 aliphatic rings. The van der Waals surface area contributed by atoms with Crippen LogP contribution >= 0.6 is 0 Å². The lowest BCUT2D eigenvalue weighted by atomic mass is 9.79. The van der Waals surface area contributed by atoms with Crippen LogP contribution in [0.25, 0.3) is 10.9 Å². The van der Waals surface area contributed by atoms with Crippen molar-refractivity contribution in [2.75, 3.05) is 34.4 Å². The maximum absolute atomic E-state index is 13.4. The van der Waals surface area contributed by atoms with Gasteiger partial charge in [0.25, 0.3) is 0 Å². The van der Waals surface area contributed by atoms with Crippen LogP contribution in [0.1, 0.15) is 35.8 Å². The molecule has 1 aromatic heterocycles. The van der Waals surface area contributed by atoms with Gasteiger partial charge in [-0.2, -0.15) is 0 Å². The van der Waals surface area contributed by atoms with Gasteiger partial charge in [0.05, 0.1) is 31.7 Å². The minimum atomic E-state index is -0.445. The van der Waals surface area contributed by atoms with E-state index >= 15 is 0 Å². The first kappa shape index (κ1) is 21.1. The molecule has 0 fully saturated rings. The van der Waals surface area contributed by atoms with E-state index in [4.69, 9.17) is 9.47 Å². The number of carbonyl (C=O) groups excluding carboxylic acids is 2. The van der Waals surface area contributed by atoms with Crippen LogP contribution in [0.2, 0.25) is 0 Å². The molecule has 0 amide bonds. The number of carbonyl (C=O) groups is 2. The fourth-order valence-corrected chi connectivity index (χ4v) is 4.40. The molecule has 3 rings (SSSR count). The van der Waals surface area contributed by atoms with Crippen molar-refractivity contribution in [3.8, 4) is 0 Å². The quantitative estimate of drug-likeness (QED) is 0.484. The lowest BCUT2D eigenvalue weighted by Crippen LogP contribution is -2.35. The molecule has 0 saturated carbocycles. The molecule has 0 saturated heterocycles. The van der Waals surface area contributed by atoms with Gasteiger partial charge in [-0.05, 0) is 31.0 Å². The zero-order chi connectivity index (χ0) is 21.0. The molecule has 0 spiro atoms. The molecule has 6 heteroatoms. The Morgan fingerprint density at radius 2 is 2.07 bits per heavy atom. The predicted molar refractivity (Wildman–Crippen MR) is 113 cm³/mol. The number of hydrogen-bond acceptors (Lipinski definition) is 5. The van der Waals surface area contributed by atoms with Crippen molar-refractivity contribution in [1.82, 2.24) is 9.88 Å². The first-order valence-electron chi connectivity index (χ1n) is 10.1. The van der Waals surface area contributed by atoms with Gasteiger partial charge in [0, 0.05) is 36.3 Å². The summed E-state index contributed by atoms with van der Waals surface area (Å²) in [7, 11) is 4.96. The van der Waals surface area contributed by atoms with Gasteiger partial charge < -0.3 is 19.4 Å². The van der Waals surface area contributed by atoms with E-state index in [2.05, 4.69) is 29.9 Å². The summed E-state index contributed by atoms with van der Waals surface area (Å²) in [5, 5.41) is 1.09. The molecule has 1 N–H and O–H groups in total. The molecule has 0 aliphatic carbocycles. The van der Waals surface area contributed by atoms with Crippen LogP contribution in [0.15, 0.2) is 36.1 Å². The Morgan fingerprint density at radius 3 is 2.76 bits per heavy atom. The summed E-state index contributed by atoms with van der Waals surface area (Å²) in [6.45, 7) is 3.73. The largest absolute Gasteiger partial charge is 0.504 e. The van der Waals surface area contributed by atoms with Crippen molar-refractivity contribution in [2.24, 2.45) is 11.8 Å². The first-order valence-corrected chi connectivity index (χ1v) is 10.1. The summed E-state index contributed by atoms with van der Waals surface area (Å²) < 4.78 is 10.2. The van der Waals surface area contributed by atoms with E-state index in [1.807, 2.05) is 18.2 Å². The van der Waals surface area contributed by atoms with Gasteiger partial charge in [-0.15, -0.1) is 0 Å². The average Bonchev–Trinajstić information content (AvgIpc) is 3.11. The van der Waals surface area contributed by atoms with Gasteiger partial charge in [0.15, 0.2) is 5.78 Å². The number of methoxy groups -OCH3 is 2. The van der Waals surface area contributed by atoms with Crippen molar-refractivity contribution < 1.29 is 19.1 Å². The molecule has 2 heterocycles. The number of benzene rings is 1. The number of para-hydroxylation sites is 1. The minimum absolute atomic E-state index is 0.0232. The van der Waals surface area contributed by atoms with Gasteiger partial charge >= 0.3 is 5.97 Å². The lowest BCUT2D eigenvalue weighted by Gasteiger charge is -2.31. The molecule has 0 bridgehead atoms. The van der Waals surface area contributed by atoms with Crippen molar-refractivity contribution in [3.63, 3.8) is 0 Å². The Morgan fingerprint density at radius 1 is 1.31 bits per heavy atom. The standard InChI is InChI=1S/C23H30N2O4/c1-5-15-13-25(2)11-10-17-16-8-6-7-9-20(16)24-22(17)21(26)12-18(15)19(14-28-3)23(27)29-4/h6-9,14-15,18,24H,5,10-13H2,1-4H3/b19-14+/t15-,18-/m0/s1. The number of rotatable bonds is 4. The van der Waals surface area contributed by atoms with Gasteiger partial charge in [-0.1, -0.05) is 31.5 Å². The highest BCUT2D eigenvalue weighted by Gasteiger charge is 2.34. The third-order valence-electron chi connectivity index (χ3n) is 5.95. The summed E-state index contributed by atoms with van der Waals surface area (Å²) in [5.74, 6) is -0.565. The van der Waals surface area contributed by atoms with Crippen LogP contribution < -0.4 is 0 Å². The fraction of sp³-hybridized carbons (Fsp3) is 0.478. The summed E-state index contributed by atoms with van der Waals surface area (Å²) in [6, 6.07) is 8.01. The number of aromatic nitrogens is 1. The van der Waals surface area contributed by atoms with Gasteiger partial charge in [0.1, 0.15) is 0 Å². The zero-order valence-corrected chi connectivity index (χ0v) is 17.7. The number of esters is 1. The molecule has 2 aromatic rings. The summed E-state index contributed by atoms with van der Waals surface area (Å²) in [6.07, 6.45) is 3.32. The number of H-pyrrole nitrogens is 1. The molecule has 0 unspecified atom stereocenters. The fourth-order valence-electron chi connectivity index (χ4n) is 4.40. The SMILES string of the molecule is CC[C@H]1CN(C)CCc2c([nH]c3ccccc23)C(=O)C[C@@H]1/C(=C\OC)C(=O)OC. The number of hydrogen-bond donors (Lipinski definition) is 1. The topological polar surface area (TPSA) is 71.6 Å². The third kappa shape index (κ3) is 4.37. The number of ketones is 1. The van der Waals surface area contributed by atoms with E-state index < -0.39 is 5.97 Å². The number of nitrogens with one attached hydrogen (secondary N) is 1. The molecule has 156 valence electrons. The molecule has 29 heavy (non-hydrogen) atoms. The number of fused-ring (bicyclic) bond motifs is 3. The number of nitrogens with zero attached hydrogens (tertiary/aromatic N) is 1. The molecule has 6 nitrogen and oxygen atoms in total. The minimum Gasteiger partial charge on any atom is -0.504 e. The smallest absolute Gasteiger partial charge is 0.337 e. The second-order valence-corrected chi connectivity index (χ2v) is 7.74. The number of Topliss-reactive ketones (excluding diaryl/α,β-unsaturated/α-hetero) is 1. The van der Waals surface area contributed by atoms with Gasteiger partial charge in [0.2, 0.25) is 0 Å². The zero-order valence-electron chi connectivity index (χ0n) is 17.7. The van der Waals surface area contributed by atoms with E-state index in [1.165, 1.54) is 20.5 Å². The van der Waals surface area contributed by atoms with Crippen molar-refractivity contribution in [3.05, 3.63) is 47.4 Å². The Bertz CT molecular complexity index is 915. The van der Waals surface area contributed by atoms with Gasteiger partial charge in [-0.3, -0.25) is 4.79 Å². The predicted octanol–water partition coefficient (Wildman–Crippen LogP) is 3.57. The highest BCUT2D eigenvalue weighted by Crippen LogP contribution is 2.33. The normalized spacial score (nSPS) is 21.7. The third-order valence-corrected chi connectivity index (χ3v) is 5.95. The van der Waals surface area contributed by atoms with E-state index in [0.717, 1.165) is 42.4 Å². The van der Waals surface area contributed by atoms with Crippen LogP contribution in [-0.4, -0.2) is 56.0 Å². The van der Waals surface area contributed by atoms with Crippen LogP contribution in [0.3, 0.4) is 0 Å². The lowest BCUT2D eigenvalue weighted by molar-refractivity contribution is -0.137. The monoisotopic (exact) mass is 398 g/mol. The van der Waals surface area contributed by atoms with Crippen LogP contribution in [0.5, 0.6) is 0 Å². The van der Waals surface area contributed by atoms with Gasteiger partial charge in [-0.25, -0.2) is 4.79 Å². The number of likely N-dealkylation sites (N-methyl/N-ethyl adjacent to an activating group) is 1. The van der Waals surface area contributed by atoms with E-state index in [1.54, 1.807) is 0 Å². The number of aromatic amines is 1. The molecule has 1 aliphatic heterocycles. The highest BCUT2D eigenvalue weighted by atomic mass is 16.5. The van der Waals surface area contributed by atoms with Crippen LogP contribution in [0, 0.1) is 11.8 Å². The second-order valence-electron chi connectivity index (χ2n) is 7.74. The summed E-state index contributed by atoms with van der Waals surface area (Å²) in [4.78, 5) is 31.5. The van der Waals surface area contributed by atoms with Crippen LogP contribution in [0.4, 0.5) is 0 Å². The van der Waals surface area contributed by atoms with Crippen molar-refractivity contribution in [2.45, 2.75) is 26.2 Å². The maximum atomic E-state index is 13.4. The summed E-state index contributed by atoms with van der Waals surface area (Å²) >= 11 is 0. The van der Waals surface area contributed by atoms with Crippen molar-refractivity contribution in [1.29, 1.82) is 0 Å². The Labute approximate surface area is 171 Å². The van der Waals surface area contributed by atoms with E-state index in [-0.39, 0.29) is 24.0 Å². The maximum Gasteiger partial charge on any atom is 0.337 e. The van der Waals surface area contributed by atoms with Crippen LogP contribution in [-0.2, 0) is 20.7 Å². The Balaban J connectivity index is 2.09. The highest BCUT2D eigenvalue weighted by molar-refractivity contribution is 6.03. The average molecular weight is 399 g/mol. The summed E-state index contributed by atoms with van der Waals surface area (Å²) in [5.41, 5.74) is 3.10. The first-order chi connectivity index (χ1) is 14.0. The molecule has 0 radical (unpaired) electrons. The molecular weight excluding hydrogens is 368 g/mol. The Kier molecular flexibility index (Phi) is 6.75. The molecular formula is C23H30N2O4.